The smallest absolute Gasteiger partial charge is 0.407 e. The summed E-state index contributed by atoms with van der Waals surface area (Å²) in [4.78, 5) is 36.0. The fourth-order valence-electron chi connectivity index (χ4n) is 4.87. The quantitative estimate of drug-likeness (QED) is 0.616. The summed E-state index contributed by atoms with van der Waals surface area (Å²) in [5.74, 6) is -1.70. The molecule has 2 aliphatic rings. The molecule has 7 nitrogen and oxygen atoms in total. The fourth-order valence-corrected chi connectivity index (χ4v) is 4.87. The number of ether oxygens (including phenoxy) is 1. The van der Waals surface area contributed by atoms with Crippen LogP contribution in [-0.2, 0) is 14.3 Å². The zero-order valence-electron chi connectivity index (χ0n) is 18.0. The number of aliphatic carboxylic acids is 1. The first-order valence-electron chi connectivity index (χ1n) is 11.1. The van der Waals surface area contributed by atoms with Gasteiger partial charge in [0.2, 0.25) is 5.91 Å². The maximum Gasteiger partial charge on any atom is 0.407 e. The van der Waals surface area contributed by atoms with E-state index in [1.54, 1.807) is 6.92 Å². The lowest BCUT2D eigenvalue weighted by Gasteiger charge is -2.19. The van der Waals surface area contributed by atoms with Gasteiger partial charge in [0.05, 0.1) is 5.92 Å². The highest BCUT2D eigenvalue weighted by atomic mass is 16.5. The summed E-state index contributed by atoms with van der Waals surface area (Å²) in [5.41, 5.74) is 4.54. The Bertz CT molecular complexity index is 975. The second-order valence-corrected chi connectivity index (χ2v) is 8.57. The van der Waals surface area contributed by atoms with Gasteiger partial charge in [-0.1, -0.05) is 55.0 Å². The second-order valence-electron chi connectivity index (χ2n) is 8.57. The lowest BCUT2D eigenvalue weighted by molar-refractivity contribution is -0.143. The van der Waals surface area contributed by atoms with Crippen LogP contribution in [0.25, 0.3) is 11.1 Å². The maximum atomic E-state index is 12.4. The summed E-state index contributed by atoms with van der Waals surface area (Å²) in [5, 5.41) is 14.6. The largest absolute Gasteiger partial charge is 0.481 e. The number of carbonyl (C=O) groups is 3. The number of alkyl carbamates (subject to hydrolysis) is 1. The van der Waals surface area contributed by atoms with Crippen LogP contribution in [-0.4, -0.2) is 42.3 Å². The van der Waals surface area contributed by atoms with Crippen LogP contribution in [0.4, 0.5) is 4.79 Å². The number of carbonyl (C=O) groups excluding carboxylic acids is 2. The Labute approximate surface area is 187 Å². The summed E-state index contributed by atoms with van der Waals surface area (Å²) in [7, 11) is 0. The first-order valence-corrected chi connectivity index (χ1v) is 11.1. The third-order valence-corrected chi connectivity index (χ3v) is 6.59. The van der Waals surface area contributed by atoms with E-state index in [1.165, 1.54) is 0 Å². The highest BCUT2D eigenvalue weighted by molar-refractivity contribution is 5.85. The average molecular weight is 437 g/mol. The van der Waals surface area contributed by atoms with Crippen molar-refractivity contribution in [2.75, 3.05) is 13.2 Å². The van der Waals surface area contributed by atoms with E-state index in [0.29, 0.717) is 13.0 Å². The first-order chi connectivity index (χ1) is 15.5. The van der Waals surface area contributed by atoms with Crippen molar-refractivity contribution in [3.05, 3.63) is 59.7 Å². The van der Waals surface area contributed by atoms with Gasteiger partial charge in [0, 0.05) is 12.5 Å². The normalized spacial score (nSPS) is 20.2. The van der Waals surface area contributed by atoms with Gasteiger partial charge < -0.3 is 20.5 Å². The standard InChI is InChI=1S/C25H28N2O5/c1-15(23(28)26-13-16-7-6-12-17(16)24(29)30)27-25(31)32-14-22-20-10-4-2-8-18(20)19-9-3-5-11-21(19)22/h2-5,8-11,15-17,22H,6-7,12-14H2,1H3,(H,26,28)(H,27,31)(H,29,30)/t15-,16?,17?/m0/s1. The molecule has 0 aromatic heterocycles. The maximum absolute atomic E-state index is 12.4. The Kier molecular flexibility index (Phi) is 6.44. The van der Waals surface area contributed by atoms with Crippen molar-refractivity contribution in [2.45, 2.75) is 38.1 Å². The van der Waals surface area contributed by atoms with Crippen LogP contribution in [0.2, 0.25) is 0 Å². The van der Waals surface area contributed by atoms with Crippen molar-refractivity contribution in [3.63, 3.8) is 0 Å². The first kappa shape index (κ1) is 21.9. The third-order valence-electron chi connectivity index (χ3n) is 6.59. The fraction of sp³-hybridized carbons (Fsp3) is 0.400. The van der Waals surface area contributed by atoms with Crippen molar-refractivity contribution in [1.82, 2.24) is 10.6 Å². The molecule has 2 unspecified atom stereocenters. The van der Waals surface area contributed by atoms with E-state index in [4.69, 9.17) is 4.74 Å². The molecule has 168 valence electrons. The van der Waals surface area contributed by atoms with Crippen LogP contribution in [0.5, 0.6) is 0 Å². The van der Waals surface area contributed by atoms with Gasteiger partial charge in [-0.2, -0.15) is 0 Å². The van der Waals surface area contributed by atoms with Crippen LogP contribution in [0, 0.1) is 11.8 Å². The molecule has 3 atom stereocenters. The Morgan fingerprint density at radius 1 is 1.03 bits per heavy atom. The zero-order valence-corrected chi connectivity index (χ0v) is 18.0. The molecule has 3 N–H and O–H groups in total. The van der Waals surface area contributed by atoms with Crippen LogP contribution < -0.4 is 10.6 Å². The topological polar surface area (TPSA) is 105 Å². The monoisotopic (exact) mass is 436 g/mol. The molecule has 1 saturated carbocycles. The number of benzene rings is 2. The van der Waals surface area contributed by atoms with E-state index in [9.17, 15) is 19.5 Å². The molecule has 2 aromatic carbocycles. The minimum atomic E-state index is -0.813. The predicted octanol–water partition coefficient (Wildman–Crippen LogP) is 3.53. The number of carboxylic acids is 1. The number of fused-ring (bicyclic) bond motifs is 3. The molecule has 0 radical (unpaired) electrons. The van der Waals surface area contributed by atoms with E-state index in [1.807, 2.05) is 36.4 Å². The predicted molar refractivity (Wildman–Crippen MR) is 119 cm³/mol. The van der Waals surface area contributed by atoms with Crippen molar-refractivity contribution in [3.8, 4) is 11.1 Å². The number of hydrogen-bond donors (Lipinski definition) is 3. The van der Waals surface area contributed by atoms with Gasteiger partial charge in [-0.05, 0) is 47.9 Å². The van der Waals surface area contributed by atoms with E-state index in [0.717, 1.165) is 35.1 Å². The van der Waals surface area contributed by atoms with Crippen LogP contribution in [0.3, 0.4) is 0 Å². The van der Waals surface area contributed by atoms with E-state index in [2.05, 4.69) is 22.8 Å². The minimum absolute atomic E-state index is 0.0485. The number of hydrogen-bond acceptors (Lipinski definition) is 4. The molecule has 2 amide bonds. The number of carboxylic acid groups (broad SMARTS) is 1. The molecule has 1 fully saturated rings. The van der Waals surface area contributed by atoms with Gasteiger partial charge in [-0.25, -0.2) is 4.79 Å². The molecular formula is C25H28N2O5. The molecule has 0 heterocycles. The van der Waals surface area contributed by atoms with E-state index < -0.39 is 24.0 Å². The molecular weight excluding hydrogens is 408 g/mol. The lowest BCUT2D eigenvalue weighted by atomic mass is 9.96. The molecule has 0 bridgehead atoms. The summed E-state index contributed by atoms with van der Waals surface area (Å²) in [6.45, 7) is 2.06. The van der Waals surface area contributed by atoms with Crippen LogP contribution >= 0.6 is 0 Å². The highest BCUT2D eigenvalue weighted by Gasteiger charge is 2.33. The van der Waals surface area contributed by atoms with E-state index in [-0.39, 0.29) is 24.3 Å². The molecule has 7 heteroatoms. The molecule has 2 aromatic rings. The summed E-state index contributed by atoms with van der Waals surface area (Å²) in [6, 6.07) is 15.4. The highest BCUT2D eigenvalue weighted by Crippen LogP contribution is 2.44. The molecule has 32 heavy (non-hydrogen) atoms. The molecule has 4 rings (SSSR count). The van der Waals surface area contributed by atoms with E-state index >= 15 is 0 Å². The van der Waals surface area contributed by atoms with Crippen LogP contribution in [0.15, 0.2) is 48.5 Å². The Morgan fingerprint density at radius 2 is 1.66 bits per heavy atom. The van der Waals surface area contributed by atoms with Gasteiger partial charge >= 0.3 is 12.1 Å². The van der Waals surface area contributed by atoms with Gasteiger partial charge in [-0.3, -0.25) is 9.59 Å². The minimum Gasteiger partial charge on any atom is -0.481 e. The van der Waals surface area contributed by atoms with Crippen molar-refractivity contribution >= 4 is 18.0 Å². The Morgan fingerprint density at radius 3 is 2.28 bits per heavy atom. The van der Waals surface area contributed by atoms with Gasteiger partial charge in [0.1, 0.15) is 12.6 Å². The summed E-state index contributed by atoms with van der Waals surface area (Å²) in [6.07, 6.45) is 1.62. The van der Waals surface area contributed by atoms with Gasteiger partial charge in [0.25, 0.3) is 0 Å². The zero-order chi connectivity index (χ0) is 22.7. The number of nitrogens with one attached hydrogen (secondary N) is 2. The van der Waals surface area contributed by atoms with Crippen LogP contribution in [0.1, 0.15) is 43.2 Å². The Balaban J connectivity index is 1.29. The summed E-state index contributed by atoms with van der Waals surface area (Å²) >= 11 is 0. The average Bonchev–Trinajstić information content (AvgIpc) is 3.39. The molecule has 0 spiro atoms. The van der Waals surface area contributed by atoms with Gasteiger partial charge in [-0.15, -0.1) is 0 Å². The number of amides is 2. The summed E-state index contributed by atoms with van der Waals surface area (Å²) < 4.78 is 5.48. The molecule has 0 aliphatic heterocycles. The second kappa shape index (κ2) is 9.42. The van der Waals surface area contributed by atoms with Crippen molar-refractivity contribution in [2.24, 2.45) is 11.8 Å². The SMILES string of the molecule is C[C@H](NC(=O)OCC1c2ccccc2-c2ccccc21)C(=O)NCC1CCCC1C(=O)O. The van der Waals surface area contributed by atoms with Crippen molar-refractivity contribution in [1.29, 1.82) is 0 Å². The molecule has 2 aliphatic carbocycles. The van der Waals surface area contributed by atoms with Gasteiger partial charge in [0.15, 0.2) is 0 Å². The number of rotatable bonds is 7. The van der Waals surface area contributed by atoms with Crippen molar-refractivity contribution < 1.29 is 24.2 Å². The lowest BCUT2D eigenvalue weighted by Crippen LogP contribution is -2.46. The Hall–Kier alpha value is -3.35. The molecule has 0 saturated heterocycles. The third kappa shape index (κ3) is 4.47.